The number of hydrogen-bond donors (Lipinski definition) is 0. The lowest BCUT2D eigenvalue weighted by molar-refractivity contribution is 0.673. The SMILES string of the molecule is c1ccc(-c2cccc(N(c3ccc(-c4cccc5oc6c7ccccc7ccc6c45)cc3)c3ccc(-c4cccc5sc6ccccc6c45)cc3)c2)cc1. The van der Waals surface area contributed by atoms with E-state index in [1.54, 1.807) is 0 Å². The summed E-state index contributed by atoms with van der Waals surface area (Å²) in [5, 5.41) is 7.24. The molecule has 2 nitrogen and oxygen atoms in total. The molecule has 258 valence electrons. The number of rotatable bonds is 6. The summed E-state index contributed by atoms with van der Waals surface area (Å²) >= 11 is 1.86. The number of anilines is 3. The van der Waals surface area contributed by atoms with Crippen molar-refractivity contribution in [3.05, 3.63) is 200 Å². The van der Waals surface area contributed by atoms with Crippen LogP contribution in [-0.4, -0.2) is 0 Å². The average Bonchev–Trinajstić information content (AvgIpc) is 3.84. The predicted octanol–water partition coefficient (Wildman–Crippen LogP) is 15.6. The molecule has 11 rings (SSSR count). The van der Waals surface area contributed by atoms with Crippen LogP contribution in [0.25, 0.3) is 86.3 Å². The molecule has 0 saturated carbocycles. The first kappa shape index (κ1) is 31.6. The Morgan fingerprint density at radius 1 is 0.364 bits per heavy atom. The number of nitrogens with zero attached hydrogens (tertiary/aromatic N) is 1. The topological polar surface area (TPSA) is 16.4 Å². The van der Waals surface area contributed by atoms with Crippen molar-refractivity contribution in [1.82, 2.24) is 0 Å². The van der Waals surface area contributed by atoms with E-state index in [2.05, 4.69) is 205 Å². The molecule has 0 spiro atoms. The van der Waals surface area contributed by atoms with Gasteiger partial charge in [-0.25, -0.2) is 0 Å². The van der Waals surface area contributed by atoms with Gasteiger partial charge in [0.05, 0.1) is 0 Å². The maximum Gasteiger partial charge on any atom is 0.143 e. The second kappa shape index (κ2) is 12.9. The van der Waals surface area contributed by atoms with Crippen LogP contribution in [-0.2, 0) is 0 Å². The molecule has 0 amide bonds. The third-order valence-corrected chi connectivity index (χ3v) is 12.0. The first-order chi connectivity index (χ1) is 27.3. The van der Waals surface area contributed by atoms with E-state index >= 15 is 0 Å². The average molecular weight is 720 g/mol. The fourth-order valence-electron chi connectivity index (χ4n) is 8.29. The molecular formula is C52H33NOS. The van der Waals surface area contributed by atoms with Crippen molar-refractivity contribution in [2.45, 2.75) is 0 Å². The molecule has 0 fully saturated rings. The van der Waals surface area contributed by atoms with Gasteiger partial charge in [-0.2, -0.15) is 0 Å². The molecule has 0 atom stereocenters. The van der Waals surface area contributed by atoms with Gasteiger partial charge in [0.1, 0.15) is 11.2 Å². The summed E-state index contributed by atoms with van der Waals surface area (Å²) in [6.45, 7) is 0. The Morgan fingerprint density at radius 3 is 1.76 bits per heavy atom. The minimum Gasteiger partial charge on any atom is -0.455 e. The Morgan fingerprint density at radius 2 is 0.982 bits per heavy atom. The normalized spacial score (nSPS) is 11.6. The molecule has 0 radical (unpaired) electrons. The van der Waals surface area contributed by atoms with Crippen LogP contribution in [0, 0.1) is 0 Å². The van der Waals surface area contributed by atoms with Crippen LogP contribution in [0.15, 0.2) is 205 Å². The molecule has 0 saturated heterocycles. The van der Waals surface area contributed by atoms with E-state index in [0.717, 1.165) is 55.5 Å². The summed E-state index contributed by atoms with van der Waals surface area (Å²) in [5.74, 6) is 0. The lowest BCUT2D eigenvalue weighted by atomic mass is 9.97. The molecule has 0 bridgehead atoms. The van der Waals surface area contributed by atoms with E-state index in [9.17, 15) is 0 Å². The Hall–Kier alpha value is -6.94. The van der Waals surface area contributed by atoms with Crippen molar-refractivity contribution in [3.63, 3.8) is 0 Å². The summed E-state index contributed by atoms with van der Waals surface area (Å²) in [4.78, 5) is 2.36. The second-order valence-corrected chi connectivity index (χ2v) is 15.2. The van der Waals surface area contributed by atoms with Crippen molar-refractivity contribution in [2.75, 3.05) is 4.90 Å². The van der Waals surface area contributed by atoms with Gasteiger partial charge in [-0.3, -0.25) is 0 Å². The highest BCUT2D eigenvalue weighted by Gasteiger charge is 2.18. The van der Waals surface area contributed by atoms with Gasteiger partial charge in [-0.1, -0.05) is 140 Å². The number of thiophene rings is 1. The van der Waals surface area contributed by atoms with Crippen LogP contribution in [0.3, 0.4) is 0 Å². The molecule has 11 aromatic rings. The summed E-state index contributed by atoms with van der Waals surface area (Å²) in [5.41, 5.74) is 12.3. The maximum atomic E-state index is 6.53. The second-order valence-electron chi connectivity index (χ2n) is 14.1. The third kappa shape index (κ3) is 5.32. The standard InChI is InChI=1S/C52H33NOS/c1-2-11-34(12-3-1)38-14-8-15-41(33-38)53(40-30-25-37(26-31-40)43-19-10-22-49-51(43)45-17-6-7-21-48(45)55-49)39-28-23-36(24-29-39)42-18-9-20-47-50(42)46-32-27-35-13-4-5-16-44(35)52(46)54-47/h1-33H. The summed E-state index contributed by atoms with van der Waals surface area (Å²) < 4.78 is 9.16. The van der Waals surface area contributed by atoms with Crippen molar-refractivity contribution in [2.24, 2.45) is 0 Å². The first-order valence-electron chi connectivity index (χ1n) is 18.7. The van der Waals surface area contributed by atoms with Gasteiger partial charge in [0.15, 0.2) is 0 Å². The highest BCUT2D eigenvalue weighted by molar-refractivity contribution is 7.25. The summed E-state index contributed by atoms with van der Waals surface area (Å²) in [6, 6.07) is 72.1. The van der Waals surface area contributed by atoms with Crippen LogP contribution in [0.1, 0.15) is 0 Å². The molecule has 0 aliphatic carbocycles. The Balaban J connectivity index is 1.03. The van der Waals surface area contributed by atoms with Gasteiger partial charge < -0.3 is 9.32 Å². The van der Waals surface area contributed by atoms with Gasteiger partial charge in [0.2, 0.25) is 0 Å². The summed E-state index contributed by atoms with van der Waals surface area (Å²) in [7, 11) is 0. The highest BCUT2D eigenvalue weighted by atomic mass is 32.1. The number of benzene rings is 9. The van der Waals surface area contributed by atoms with Crippen molar-refractivity contribution in [3.8, 4) is 33.4 Å². The quantitative estimate of drug-likeness (QED) is 0.170. The molecule has 2 aromatic heterocycles. The van der Waals surface area contributed by atoms with E-state index in [-0.39, 0.29) is 0 Å². The maximum absolute atomic E-state index is 6.53. The van der Waals surface area contributed by atoms with Crippen LogP contribution in [0.5, 0.6) is 0 Å². The zero-order valence-corrected chi connectivity index (χ0v) is 30.6. The number of fused-ring (bicyclic) bond motifs is 8. The molecule has 0 aliphatic heterocycles. The van der Waals surface area contributed by atoms with Crippen molar-refractivity contribution >= 4 is 81.3 Å². The van der Waals surface area contributed by atoms with E-state index in [4.69, 9.17) is 4.42 Å². The molecule has 3 heteroatoms. The monoisotopic (exact) mass is 719 g/mol. The smallest absolute Gasteiger partial charge is 0.143 e. The Kier molecular flexibility index (Phi) is 7.39. The largest absolute Gasteiger partial charge is 0.455 e. The zero-order chi connectivity index (χ0) is 36.3. The molecule has 0 unspecified atom stereocenters. The predicted molar refractivity (Wildman–Crippen MR) is 235 cm³/mol. The minimum absolute atomic E-state index is 0.901. The fraction of sp³-hybridized carbons (Fsp3) is 0. The lowest BCUT2D eigenvalue weighted by Gasteiger charge is -2.26. The van der Waals surface area contributed by atoms with E-state index in [1.165, 1.54) is 47.8 Å². The number of furan rings is 1. The molecule has 55 heavy (non-hydrogen) atoms. The van der Waals surface area contributed by atoms with Crippen LogP contribution < -0.4 is 4.90 Å². The van der Waals surface area contributed by atoms with Gasteiger partial charge in [0.25, 0.3) is 0 Å². The lowest BCUT2D eigenvalue weighted by Crippen LogP contribution is -2.10. The molecule has 0 aliphatic rings. The van der Waals surface area contributed by atoms with Gasteiger partial charge in [0, 0.05) is 53.4 Å². The van der Waals surface area contributed by atoms with Gasteiger partial charge in [-0.15, -0.1) is 11.3 Å². The molecular weight excluding hydrogens is 687 g/mol. The van der Waals surface area contributed by atoms with E-state index in [0.29, 0.717) is 0 Å². The van der Waals surface area contributed by atoms with Gasteiger partial charge >= 0.3 is 0 Å². The zero-order valence-electron chi connectivity index (χ0n) is 29.8. The Labute approximate surface area is 322 Å². The van der Waals surface area contributed by atoms with Crippen LogP contribution in [0.4, 0.5) is 17.1 Å². The van der Waals surface area contributed by atoms with E-state index < -0.39 is 0 Å². The third-order valence-electron chi connectivity index (χ3n) is 10.9. The number of hydrogen-bond acceptors (Lipinski definition) is 3. The summed E-state index contributed by atoms with van der Waals surface area (Å²) in [6.07, 6.45) is 0. The van der Waals surface area contributed by atoms with Crippen molar-refractivity contribution in [1.29, 1.82) is 0 Å². The van der Waals surface area contributed by atoms with Crippen LogP contribution >= 0.6 is 11.3 Å². The molecule has 9 aromatic carbocycles. The molecule has 2 heterocycles. The Bertz CT molecular complexity index is 3190. The van der Waals surface area contributed by atoms with Crippen molar-refractivity contribution < 1.29 is 4.42 Å². The van der Waals surface area contributed by atoms with Crippen LogP contribution in [0.2, 0.25) is 0 Å². The first-order valence-corrected chi connectivity index (χ1v) is 19.5. The fourth-order valence-corrected chi connectivity index (χ4v) is 9.42. The van der Waals surface area contributed by atoms with Gasteiger partial charge in [-0.05, 0) is 99.4 Å². The molecule has 0 N–H and O–H groups in total. The minimum atomic E-state index is 0.901. The van der Waals surface area contributed by atoms with E-state index in [1.807, 2.05) is 11.3 Å². The highest BCUT2D eigenvalue weighted by Crippen LogP contribution is 2.44.